The first-order valence-corrected chi connectivity index (χ1v) is 7.71. The molecule has 0 spiro atoms. The van der Waals surface area contributed by atoms with Gasteiger partial charge in [0.2, 0.25) is 0 Å². The standard InChI is InChI=1S/C13H17ClN2O2S/c1-13(2)5-6-19-8-12(13)15-9-3-4-11(16(17)18)10(14)7-9/h3-4,7,12,15H,5-6,8H2,1-2H3. The molecule has 1 atom stereocenters. The SMILES string of the molecule is CC1(C)CCSCC1Nc1ccc([N+](=O)[O-])c(Cl)c1. The minimum Gasteiger partial charge on any atom is -0.381 e. The molecule has 19 heavy (non-hydrogen) atoms. The quantitative estimate of drug-likeness (QED) is 0.671. The summed E-state index contributed by atoms with van der Waals surface area (Å²) in [6, 6.07) is 5.16. The number of nitro groups is 1. The minimum atomic E-state index is -0.466. The molecule has 2 rings (SSSR count). The van der Waals surface area contributed by atoms with Crippen molar-refractivity contribution in [3.05, 3.63) is 33.3 Å². The van der Waals surface area contributed by atoms with E-state index in [-0.39, 0.29) is 16.1 Å². The maximum atomic E-state index is 10.7. The Morgan fingerprint density at radius 2 is 2.26 bits per heavy atom. The molecular formula is C13H17ClN2O2S. The Labute approximate surface area is 122 Å². The molecular weight excluding hydrogens is 284 g/mol. The second kappa shape index (κ2) is 5.59. The highest BCUT2D eigenvalue weighted by Gasteiger charge is 2.32. The monoisotopic (exact) mass is 300 g/mol. The molecule has 1 aromatic rings. The predicted octanol–water partition coefficient (Wildman–Crippen LogP) is 4.19. The number of nitro benzene ring substituents is 1. The number of thioether (sulfide) groups is 1. The van der Waals surface area contributed by atoms with E-state index in [4.69, 9.17) is 11.6 Å². The zero-order valence-corrected chi connectivity index (χ0v) is 12.6. The van der Waals surface area contributed by atoms with Crippen LogP contribution in [-0.4, -0.2) is 22.5 Å². The average Bonchev–Trinajstić information content (AvgIpc) is 2.31. The summed E-state index contributed by atoms with van der Waals surface area (Å²) in [7, 11) is 0. The molecule has 0 bridgehead atoms. The first-order valence-electron chi connectivity index (χ1n) is 6.18. The van der Waals surface area contributed by atoms with E-state index in [1.165, 1.54) is 11.8 Å². The Morgan fingerprint density at radius 3 is 2.84 bits per heavy atom. The summed E-state index contributed by atoms with van der Waals surface area (Å²) in [5.74, 6) is 2.23. The molecule has 0 amide bonds. The van der Waals surface area contributed by atoms with Crippen molar-refractivity contribution < 1.29 is 4.92 Å². The van der Waals surface area contributed by atoms with Crippen LogP contribution in [0.1, 0.15) is 20.3 Å². The lowest BCUT2D eigenvalue weighted by atomic mass is 9.82. The zero-order chi connectivity index (χ0) is 14.0. The van der Waals surface area contributed by atoms with Crippen LogP contribution in [0.5, 0.6) is 0 Å². The fourth-order valence-corrected chi connectivity index (χ4v) is 3.98. The fraction of sp³-hybridized carbons (Fsp3) is 0.538. The van der Waals surface area contributed by atoms with E-state index in [0.717, 1.165) is 17.9 Å². The van der Waals surface area contributed by atoms with E-state index in [1.807, 2.05) is 11.8 Å². The van der Waals surface area contributed by atoms with E-state index >= 15 is 0 Å². The third-order valence-electron chi connectivity index (χ3n) is 3.60. The number of hydrogen-bond acceptors (Lipinski definition) is 4. The molecule has 1 fully saturated rings. The maximum absolute atomic E-state index is 10.7. The third-order valence-corrected chi connectivity index (χ3v) is 4.97. The van der Waals surface area contributed by atoms with Crippen LogP contribution >= 0.6 is 23.4 Å². The molecule has 4 nitrogen and oxygen atoms in total. The molecule has 1 aliphatic heterocycles. The van der Waals surface area contributed by atoms with Gasteiger partial charge in [-0.3, -0.25) is 10.1 Å². The van der Waals surface area contributed by atoms with Gasteiger partial charge < -0.3 is 5.32 Å². The molecule has 0 saturated carbocycles. The van der Waals surface area contributed by atoms with Crippen LogP contribution in [0.15, 0.2) is 18.2 Å². The second-order valence-electron chi connectivity index (χ2n) is 5.43. The molecule has 104 valence electrons. The maximum Gasteiger partial charge on any atom is 0.288 e. The summed E-state index contributed by atoms with van der Waals surface area (Å²) in [6.07, 6.45) is 1.16. The van der Waals surface area contributed by atoms with E-state index in [1.54, 1.807) is 12.1 Å². The van der Waals surface area contributed by atoms with Crippen LogP contribution < -0.4 is 5.32 Å². The van der Waals surface area contributed by atoms with E-state index in [2.05, 4.69) is 19.2 Å². The number of benzene rings is 1. The normalized spacial score (nSPS) is 21.9. The molecule has 1 unspecified atom stereocenters. The number of hydrogen-bond donors (Lipinski definition) is 1. The molecule has 1 aliphatic rings. The molecule has 1 aromatic carbocycles. The zero-order valence-electron chi connectivity index (χ0n) is 11.0. The van der Waals surface area contributed by atoms with Gasteiger partial charge in [0.1, 0.15) is 5.02 Å². The van der Waals surface area contributed by atoms with Crippen molar-refractivity contribution in [3.63, 3.8) is 0 Å². The molecule has 1 heterocycles. The Kier molecular flexibility index (Phi) is 4.26. The van der Waals surface area contributed by atoms with E-state index in [0.29, 0.717) is 6.04 Å². The third kappa shape index (κ3) is 3.34. The van der Waals surface area contributed by atoms with Gasteiger partial charge in [-0.15, -0.1) is 0 Å². The molecule has 6 heteroatoms. The van der Waals surface area contributed by atoms with Crippen LogP contribution in [0.4, 0.5) is 11.4 Å². The van der Waals surface area contributed by atoms with Gasteiger partial charge in [0.05, 0.1) is 4.92 Å². The highest BCUT2D eigenvalue weighted by atomic mass is 35.5. The number of rotatable bonds is 3. The van der Waals surface area contributed by atoms with Crippen LogP contribution in [-0.2, 0) is 0 Å². The summed E-state index contributed by atoms with van der Waals surface area (Å²) in [5, 5.41) is 14.4. The van der Waals surface area contributed by atoms with Crippen molar-refractivity contribution in [2.24, 2.45) is 5.41 Å². The van der Waals surface area contributed by atoms with Crippen molar-refractivity contribution in [2.75, 3.05) is 16.8 Å². The van der Waals surface area contributed by atoms with Gasteiger partial charge in [0.25, 0.3) is 5.69 Å². The Balaban J connectivity index is 2.15. The van der Waals surface area contributed by atoms with Crippen molar-refractivity contribution in [2.45, 2.75) is 26.3 Å². The Hall–Kier alpha value is -0.940. The first kappa shape index (κ1) is 14.5. The highest BCUT2D eigenvalue weighted by Crippen LogP contribution is 2.37. The minimum absolute atomic E-state index is 0.0514. The van der Waals surface area contributed by atoms with Gasteiger partial charge >= 0.3 is 0 Å². The lowest BCUT2D eigenvalue weighted by Gasteiger charge is -2.39. The first-order chi connectivity index (χ1) is 8.90. The Morgan fingerprint density at radius 1 is 1.53 bits per heavy atom. The molecule has 1 saturated heterocycles. The van der Waals surface area contributed by atoms with Crippen molar-refractivity contribution in [3.8, 4) is 0 Å². The highest BCUT2D eigenvalue weighted by molar-refractivity contribution is 7.99. The summed E-state index contributed by atoms with van der Waals surface area (Å²) >= 11 is 7.86. The van der Waals surface area contributed by atoms with Crippen LogP contribution in [0.2, 0.25) is 5.02 Å². The van der Waals surface area contributed by atoms with E-state index in [9.17, 15) is 10.1 Å². The van der Waals surface area contributed by atoms with Gasteiger partial charge in [-0.05, 0) is 29.7 Å². The lowest BCUT2D eigenvalue weighted by molar-refractivity contribution is -0.384. The summed E-state index contributed by atoms with van der Waals surface area (Å²) in [4.78, 5) is 10.3. The lowest BCUT2D eigenvalue weighted by Crippen LogP contribution is -2.41. The van der Waals surface area contributed by atoms with Crippen LogP contribution in [0, 0.1) is 15.5 Å². The van der Waals surface area contributed by atoms with E-state index < -0.39 is 4.92 Å². The molecule has 0 radical (unpaired) electrons. The van der Waals surface area contributed by atoms with Crippen LogP contribution in [0.3, 0.4) is 0 Å². The average molecular weight is 301 g/mol. The second-order valence-corrected chi connectivity index (χ2v) is 6.99. The topological polar surface area (TPSA) is 55.2 Å². The van der Waals surface area contributed by atoms with Gasteiger partial charge in [-0.25, -0.2) is 0 Å². The summed E-state index contributed by atoms with van der Waals surface area (Å²) in [6.45, 7) is 4.49. The fourth-order valence-electron chi connectivity index (χ4n) is 2.12. The van der Waals surface area contributed by atoms with Gasteiger partial charge in [0.15, 0.2) is 0 Å². The van der Waals surface area contributed by atoms with Gasteiger partial charge in [0, 0.05) is 23.5 Å². The Bertz CT molecular complexity index is 494. The summed E-state index contributed by atoms with van der Waals surface area (Å²) < 4.78 is 0. The summed E-state index contributed by atoms with van der Waals surface area (Å²) in [5.41, 5.74) is 1.01. The molecule has 0 aromatic heterocycles. The van der Waals surface area contributed by atoms with Crippen molar-refractivity contribution >= 4 is 34.7 Å². The number of nitrogens with zero attached hydrogens (tertiary/aromatic N) is 1. The van der Waals surface area contributed by atoms with Gasteiger partial charge in [-0.1, -0.05) is 25.4 Å². The number of halogens is 1. The largest absolute Gasteiger partial charge is 0.381 e. The smallest absolute Gasteiger partial charge is 0.288 e. The molecule has 0 aliphatic carbocycles. The van der Waals surface area contributed by atoms with Crippen molar-refractivity contribution in [1.82, 2.24) is 0 Å². The molecule has 1 N–H and O–H groups in total. The van der Waals surface area contributed by atoms with Gasteiger partial charge in [-0.2, -0.15) is 11.8 Å². The number of anilines is 1. The number of nitrogens with one attached hydrogen (secondary N) is 1. The van der Waals surface area contributed by atoms with Crippen LogP contribution in [0.25, 0.3) is 0 Å². The predicted molar refractivity (Wildman–Crippen MR) is 81.2 cm³/mol. The van der Waals surface area contributed by atoms with Crippen molar-refractivity contribution in [1.29, 1.82) is 0 Å².